The molecule has 0 aliphatic heterocycles. The number of aliphatic hydroxyl groups excluding tert-OH is 1. The van der Waals surface area contributed by atoms with Gasteiger partial charge in [0.15, 0.2) is 0 Å². The minimum Gasteiger partial charge on any atom is -0.457 e. The Morgan fingerprint density at radius 3 is 2.34 bits per heavy atom. The van der Waals surface area contributed by atoms with Crippen LogP contribution in [0.15, 0.2) is 79.1 Å². The largest absolute Gasteiger partial charge is 0.457 e. The maximum absolute atomic E-state index is 10.2. The van der Waals surface area contributed by atoms with Gasteiger partial charge in [-0.3, -0.25) is 0 Å². The molecule has 0 saturated carbocycles. The molecule has 1 atom stereocenters. The molecule has 0 bridgehead atoms. The molecule has 1 unspecified atom stereocenters. The van der Waals surface area contributed by atoms with Gasteiger partial charge in [-0.25, -0.2) is 9.97 Å². The molecule has 0 aliphatic rings. The summed E-state index contributed by atoms with van der Waals surface area (Å²) in [7, 11) is 0. The standard InChI is InChI=1S/C27H25N3O2/c1-27(2,3)25(31)16-10-19-9-15-24-23(17-19)26(29-18-28-24)30-20-11-13-22(14-12-20)32-21-7-5-4-6-8-21/h4-9,11-15,17-18,25,31H,1-3H3,(H,28,29,30). The smallest absolute Gasteiger partial charge is 0.141 e. The molecule has 0 radical (unpaired) electrons. The van der Waals surface area contributed by atoms with Crippen LogP contribution >= 0.6 is 0 Å². The van der Waals surface area contributed by atoms with Crippen molar-refractivity contribution in [2.45, 2.75) is 26.9 Å². The summed E-state index contributed by atoms with van der Waals surface area (Å²) in [6, 6.07) is 23.1. The Balaban J connectivity index is 1.56. The molecule has 2 N–H and O–H groups in total. The summed E-state index contributed by atoms with van der Waals surface area (Å²) in [4.78, 5) is 8.77. The first-order chi connectivity index (χ1) is 15.4. The van der Waals surface area contributed by atoms with Gasteiger partial charge in [-0.15, -0.1) is 0 Å². The SMILES string of the molecule is CC(C)(C)C(O)C#Cc1ccc2ncnc(Nc3ccc(Oc4ccccc4)cc3)c2c1. The number of rotatable bonds is 4. The van der Waals surface area contributed by atoms with Gasteiger partial charge in [-0.1, -0.05) is 50.8 Å². The Morgan fingerprint density at radius 1 is 0.906 bits per heavy atom. The summed E-state index contributed by atoms with van der Waals surface area (Å²) in [5, 5.41) is 14.4. The van der Waals surface area contributed by atoms with E-state index in [0.717, 1.165) is 33.7 Å². The van der Waals surface area contributed by atoms with Crippen LogP contribution in [-0.4, -0.2) is 21.2 Å². The summed E-state index contributed by atoms with van der Waals surface area (Å²) in [6.07, 6.45) is 0.825. The van der Waals surface area contributed by atoms with Gasteiger partial charge in [0.1, 0.15) is 29.7 Å². The van der Waals surface area contributed by atoms with Crippen LogP contribution in [0.1, 0.15) is 26.3 Å². The molecule has 0 aliphatic carbocycles. The van der Waals surface area contributed by atoms with Crippen LogP contribution in [-0.2, 0) is 0 Å². The van der Waals surface area contributed by atoms with Crippen LogP contribution in [0.25, 0.3) is 10.9 Å². The van der Waals surface area contributed by atoms with Crippen molar-refractivity contribution in [3.63, 3.8) is 0 Å². The first-order valence-corrected chi connectivity index (χ1v) is 10.4. The van der Waals surface area contributed by atoms with Crippen molar-refractivity contribution in [1.29, 1.82) is 0 Å². The number of hydrogen-bond acceptors (Lipinski definition) is 5. The van der Waals surface area contributed by atoms with Crippen LogP contribution in [0.4, 0.5) is 11.5 Å². The summed E-state index contributed by atoms with van der Waals surface area (Å²) >= 11 is 0. The fourth-order valence-corrected chi connectivity index (χ4v) is 2.97. The molecular formula is C27H25N3O2. The predicted molar refractivity (Wildman–Crippen MR) is 128 cm³/mol. The lowest BCUT2D eigenvalue weighted by Gasteiger charge is -2.20. The lowest BCUT2D eigenvalue weighted by Crippen LogP contribution is -2.23. The Bertz CT molecular complexity index is 1270. The molecule has 0 spiro atoms. The van der Waals surface area contributed by atoms with E-state index in [-0.39, 0.29) is 5.41 Å². The molecule has 4 aromatic rings. The van der Waals surface area contributed by atoms with Crippen LogP contribution in [0.2, 0.25) is 0 Å². The minimum atomic E-state index is -0.709. The zero-order chi connectivity index (χ0) is 22.6. The molecule has 3 aromatic carbocycles. The van der Waals surface area contributed by atoms with Gasteiger partial charge < -0.3 is 15.2 Å². The first-order valence-electron chi connectivity index (χ1n) is 10.4. The predicted octanol–water partition coefficient (Wildman–Crippen LogP) is 5.92. The highest BCUT2D eigenvalue weighted by molar-refractivity contribution is 5.91. The van der Waals surface area contributed by atoms with Crippen molar-refractivity contribution in [1.82, 2.24) is 9.97 Å². The summed E-state index contributed by atoms with van der Waals surface area (Å²) < 4.78 is 5.85. The van der Waals surface area contributed by atoms with Crippen molar-refractivity contribution in [2.24, 2.45) is 5.41 Å². The number of fused-ring (bicyclic) bond motifs is 1. The van der Waals surface area contributed by atoms with Crippen LogP contribution in [0.5, 0.6) is 11.5 Å². The highest BCUT2D eigenvalue weighted by Crippen LogP contribution is 2.27. The van der Waals surface area contributed by atoms with E-state index >= 15 is 0 Å². The fourth-order valence-electron chi connectivity index (χ4n) is 2.97. The molecule has 160 valence electrons. The van der Waals surface area contributed by atoms with Crippen molar-refractivity contribution in [3.8, 4) is 23.3 Å². The van der Waals surface area contributed by atoms with E-state index < -0.39 is 6.10 Å². The van der Waals surface area contributed by atoms with Crippen LogP contribution < -0.4 is 10.1 Å². The zero-order valence-electron chi connectivity index (χ0n) is 18.3. The van der Waals surface area contributed by atoms with E-state index in [2.05, 4.69) is 27.1 Å². The zero-order valence-corrected chi connectivity index (χ0v) is 18.3. The van der Waals surface area contributed by atoms with Crippen molar-refractivity contribution in [3.05, 3.63) is 84.7 Å². The van der Waals surface area contributed by atoms with E-state index in [1.165, 1.54) is 6.33 Å². The molecule has 0 saturated heterocycles. The van der Waals surface area contributed by atoms with Crippen molar-refractivity contribution < 1.29 is 9.84 Å². The van der Waals surface area contributed by atoms with Gasteiger partial charge in [0.2, 0.25) is 0 Å². The van der Waals surface area contributed by atoms with Gasteiger partial charge in [0.05, 0.1) is 5.52 Å². The number of nitrogens with zero attached hydrogens (tertiary/aromatic N) is 2. The Labute approximate surface area is 188 Å². The highest BCUT2D eigenvalue weighted by atomic mass is 16.5. The van der Waals surface area contributed by atoms with Crippen molar-refractivity contribution in [2.75, 3.05) is 5.32 Å². The second-order valence-electron chi connectivity index (χ2n) is 8.56. The average Bonchev–Trinajstić information content (AvgIpc) is 2.79. The van der Waals surface area contributed by atoms with E-state index in [1.807, 2.05) is 93.6 Å². The van der Waals surface area contributed by atoms with E-state index in [0.29, 0.717) is 5.82 Å². The molecule has 1 heterocycles. The first kappa shape index (κ1) is 21.4. The number of aliphatic hydroxyl groups is 1. The Kier molecular flexibility index (Phi) is 6.07. The number of hydrogen-bond donors (Lipinski definition) is 2. The summed E-state index contributed by atoms with van der Waals surface area (Å²) in [6.45, 7) is 5.87. The van der Waals surface area contributed by atoms with E-state index in [9.17, 15) is 5.11 Å². The lowest BCUT2D eigenvalue weighted by molar-refractivity contribution is 0.114. The Hall–Kier alpha value is -3.88. The van der Waals surface area contributed by atoms with Crippen LogP contribution in [0.3, 0.4) is 0 Å². The van der Waals surface area contributed by atoms with Gasteiger partial charge in [-0.05, 0) is 60.0 Å². The second-order valence-corrected chi connectivity index (χ2v) is 8.56. The third-order valence-corrected chi connectivity index (χ3v) is 4.90. The third kappa shape index (κ3) is 5.23. The molecule has 5 heteroatoms. The minimum absolute atomic E-state index is 0.296. The maximum atomic E-state index is 10.2. The average molecular weight is 424 g/mol. The normalized spacial score (nSPS) is 12.0. The molecule has 1 aromatic heterocycles. The Morgan fingerprint density at radius 2 is 1.62 bits per heavy atom. The molecular weight excluding hydrogens is 398 g/mol. The number of benzene rings is 3. The molecule has 32 heavy (non-hydrogen) atoms. The maximum Gasteiger partial charge on any atom is 0.141 e. The molecule has 0 amide bonds. The van der Waals surface area contributed by atoms with Gasteiger partial charge in [-0.2, -0.15) is 0 Å². The monoisotopic (exact) mass is 423 g/mol. The highest BCUT2D eigenvalue weighted by Gasteiger charge is 2.19. The fraction of sp³-hybridized carbons (Fsp3) is 0.185. The number of aromatic nitrogens is 2. The molecule has 5 nitrogen and oxygen atoms in total. The van der Waals surface area contributed by atoms with Crippen molar-refractivity contribution >= 4 is 22.4 Å². The number of anilines is 2. The second kappa shape index (κ2) is 9.09. The lowest BCUT2D eigenvalue weighted by atomic mass is 9.89. The quantitative estimate of drug-likeness (QED) is 0.399. The van der Waals surface area contributed by atoms with E-state index in [4.69, 9.17) is 4.74 Å². The van der Waals surface area contributed by atoms with E-state index in [1.54, 1.807) is 0 Å². The summed E-state index contributed by atoms with van der Waals surface area (Å²) in [5.41, 5.74) is 2.19. The van der Waals surface area contributed by atoms with Crippen LogP contribution in [0, 0.1) is 17.3 Å². The molecule has 0 fully saturated rings. The number of nitrogens with one attached hydrogen (secondary N) is 1. The topological polar surface area (TPSA) is 67.3 Å². The van der Waals surface area contributed by atoms with Gasteiger partial charge in [0, 0.05) is 16.6 Å². The summed E-state index contributed by atoms with van der Waals surface area (Å²) in [5.74, 6) is 8.23. The number of para-hydroxylation sites is 1. The number of ether oxygens (including phenoxy) is 1. The van der Waals surface area contributed by atoms with Gasteiger partial charge >= 0.3 is 0 Å². The molecule has 4 rings (SSSR count). The van der Waals surface area contributed by atoms with Gasteiger partial charge in [0.25, 0.3) is 0 Å². The third-order valence-electron chi connectivity index (χ3n) is 4.90.